The number of hydrogen-bond donors (Lipinski definition) is 1. The van der Waals surface area contributed by atoms with Crippen molar-refractivity contribution in [2.75, 3.05) is 24.2 Å². The molecule has 0 radical (unpaired) electrons. The number of nitrogens with zero attached hydrogens (tertiary/aromatic N) is 1. The molecule has 1 unspecified atom stereocenters. The van der Waals surface area contributed by atoms with Crippen molar-refractivity contribution in [2.45, 2.75) is 25.7 Å². The fourth-order valence-electron chi connectivity index (χ4n) is 4.00. The maximum absolute atomic E-state index is 12.6. The first-order valence-electron chi connectivity index (χ1n) is 11.3. The molecule has 1 heterocycles. The Morgan fingerprint density at radius 3 is 2.48 bits per heavy atom. The van der Waals surface area contributed by atoms with Gasteiger partial charge in [-0.1, -0.05) is 60.7 Å². The summed E-state index contributed by atoms with van der Waals surface area (Å²) in [5.74, 6) is 0.318. The van der Waals surface area contributed by atoms with Crippen molar-refractivity contribution in [3.63, 3.8) is 0 Å². The van der Waals surface area contributed by atoms with E-state index in [4.69, 9.17) is 0 Å². The third-order valence-corrected chi connectivity index (χ3v) is 7.09. The van der Waals surface area contributed by atoms with E-state index in [-0.39, 0.29) is 17.4 Å². The maximum atomic E-state index is 12.6. The average molecular weight is 461 g/mol. The van der Waals surface area contributed by atoms with Crippen LogP contribution in [0.3, 0.4) is 0 Å². The van der Waals surface area contributed by atoms with E-state index in [2.05, 4.69) is 28.4 Å². The lowest BCUT2D eigenvalue weighted by Gasteiger charge is -2.25. The molecule has 2 aromatic rings. The summed E-state index contributed by atoms with van der Waals surface area (Å²) < 4.78 is 11.8. The Labute approximate surface area is 197 Å². The van der Waals surface area contributed by atoms with Crippen LogP contribution in [0.15, 0.2) is 90.2 Å². The molecule has 170 valence electrons. The zero-order chi connectivity index (χ0) is 23.0. The van der Waals surface area contributed by atoms with Gasteiger partial charge in [0.15, 0.2) is 0 Å². The number of anilines is 1. The Balaban J connectivity index is 1.38. The summed E-state index contributed by atoms with van der Waals surface area (Å²) in [5, 5.41) is 2.82. The summed E-state index contributed by atoms with van der Waals surface area (Å²) in [5.41, 5.74) is 5.08. The van der Waals surface area contributed by atoms with E-state index in [1.165, 1.54) is 0 Å². The van der Waals surface area contributed by atoms with Crippen molar-refractivity contribution >= 4 is 27.5 Å². The molecule has 1 fully saturated rings. The molecule has 1 saturated heterocycles. The van der Waals surface area contributed by atoms with Crippen LogP contribution in [0.4, 0.5) is 5.69 Å². The molecule has 1 amide bonds. The van der Waals surface area contributed by atoms with Crippen LogP contribution in [0.25, 0.3) is 11.1 Å². The van der Waals surface area contributed by atoms with Crippen LogP contribution in [0.2, 0.25) is 0 Å². The monoisotopic (exact) mass is 460 g/mol. The second-order valence-electron chi connectivity index (χ2n) is 8.17. The summed E-state index contributed by atoms with van der Waals surface area (Å²) in [6.45, 7) is 1.22. The fourth-order valence-corrected chi connectivity index (χ4v) is 4.94. The largest absolute Gasteiger partial charge is 0.373 e. The molecule has 5 nitrogen and oxygen atoms in total. The maximum Gasteiger partial charge on any atom is 0.228 e. The molecule has 6 heteroatoms. The van der Waals surface area contributed by atoms with Crippen molar-refractivity contribution in [1.82, 2.24) is 4.90 Å². The van der Waals surface area contributed by atoms with Crippen LogP contribution >= 0.6 is 0 Å². The van der Waals surface area contributed by atoms with Gasteiger partial charge in [0, 0.05) is 36.6 Å². The van der Waals surface area contributed by atoms with Gasteiger partial charge in [0.2, 0.25) is 11.0 Å². The highest BCUT2D eigenvalue weighted by molar-refractivity contribution is 8.00. The SMILES string of the molecule is O=C(CC1=CC=C(N2CCC(=O)S(=O)CC2)CCC=C1)Nc1ccc(-c2ccccc2)cc1. The van der Waals surface area contributed by atoms with Gasteiger partial charge in [-0.25, -0.2) is 0 Å². The number of allylic oxidation sites excluding steroid dienone is 5. The van der Waals surface area contributed by atoms with Gasteiger partial charge in [-0.15, -0.1) is 0 Å². The van der Waals surface area contributed by atoms with Crippen molar-refractivity contribution in [3.8, 4) is 11.1 Å². The summed E-state index contributed by atoms with van der Waals surface area (Å²) in [6, 6.07) is 18.0. The van der Waals surface area contributed by atoms with E-state index in [0.29, 0.717) is 25.3 Å². The molecule has 2 aromatic carbocycles. The van der Waals surface area contributed by atoms with Gasteiger partial charge in [0.25, 0.3) is 0 Å². The van der Waals surface area contributed by atoms with E-state index in [1.54, 1.807) is 0 Å². The molecule has 0 bridgehead atoms. The van der Waals surface area contributed by atoms with Crippen LogP contribution in [-0.4, -0.2) is 39.0 Å². The Kier molecular flexibility index (Phi) is 7.68. The van der Waals surface area contributed by atoms with Crippen molar-refractivity contribution in [1.29, 1.82) is 0 Å². The van der Waals surface area contributed by atoms with Crippen LogP contribution in [0.5, 0.6) is 0 Å². The molecule has 1 atom stereocenters. The molecule has 1 aliphatic carbocycles. The molecule has 0 aromatic heterocycles. The zero-order valence-electron chi connectivity index (χ0n) is 18.5. The smallest absolute Gasteiger partial charge is 0.228 e. The molecular formula is C27H28N2O3S. The van der Waals surface area contributed by atoms with Gasteiger partial charge in [-0.2, -0.15) is 0 Å². The molecular weight excluding hydrogens is 432 g/mol. The number of amides is 1. The number of nitrogens with one attached hydrogen (secondary N) is 1. The zero-order valence-corrected chi connectivity index (χ0v) is 19.4. The minimum atomic E-state index is -1.37. The number of hydrogen-bond acceptors (Lipinski definition) is 4. The van der Waals surface area contributed by atoms with E-state index >= 15 is 0 Å². The number of rotatable bonds is 5. The third-order valence-electron chi connectivity index (χ3n) is 5.82. The Bertz CT molecular complexity index is 1100. The van der Waals surface area contributed by atoms with E-state index in [1.807, 2.05) is 60.7 Å². The normalized spacial score (nSPS) is 19.1. The second-order valence-corrected chi connectivity index (χ2v) is 9.72. The van der Waals surface area contributed by atoms with Crippen molar-refractivity contribution in [2.24, 2.45) is 0 Å². The molecule has 0 spiro atoms. The topological polar surface area (TPSA) is 66.5 Å². The third kappa shape index (κ3) is 6.39. The lowest BCUT2D eigenvalue weighted by molar-refractivity contribution is -0.115. The first kappa shape index (κ1) is 22.9. The quantitative estimate of drug-likeness (QED) is 0.695. The van der Waals surface area contributed by atoms with Crippen molar-refractivity contribution in [3.05, 3.63) is 90.2 Å². The van der Waals surface area contributed by atoms with Crippen LogP contribution in [0.1, 0.15) is 25.7 Å². The number of carbonyl (C=O) groups excluding carboxylic acids is 2. The molecule has 33 heavy (non-hydrogen) atoms. The fraction of sp³-hybridized carbons (Fsp3) is 0.259. The Morgan fingerprint density at radius 2 is 1.70 bits per heavy atom. The number of benzene rings is 2. The molecule has 2 aliphatic rings. The molecule has 4 rings (SSSR count). The van der Waals surface area contributed by atoms with E-state index in [9.17, 15) is 13.8 Å². The van der Waals surface area contributed by atoms with Gasteiger partial charge in [-0.3, -0.25) is 13.8 Å². The van der Waals surface area contributed by atoms with E-state index in [0.717, 1.165) is 40.9 Å². The Hall–Kier alpha value is -3.25. The van der Waals surface area contributed by atoms with Crippen LogP contribution in [-0.2, 0) is 20.4 Å². The molecule has 1 N–H and O–H groups in total. The Morgan fingerprint density at radius 1 is 0.939 bits per heavy atom. The predicted octanol–water partition coefficient (Wildman–Crippen LogP) is 4.82. The minimum absolute atomic E-state index is 0.0651. The van der Waals surface area contributed by atoms with Crippen LogP contribution < -0.4 is 5.32 Å². The van der Waals surface area contributed by atoms with Gasteiger partial charge in [-0.05, 0) is 47.8 Å². The highest BCUT2D eigenvalue weighted by Gasteiger charge is 2.21. The van der Waals surface area contributed by atoms with Gasteiger partial charge >= 0.3 is 0 Å². The van der Waals surface area contributed by atoms with Crippen molar-refractivity contribution < 1.29 is 13.8 Å². The first-order chi connectivity index (χ1) is 16.1. The average Bonchev–Trinajstić information content (AvgIpc) is 2.98. The highest BCUT2D eigenvalue weighted by Crippen LogP contribution is 2.22. The van der Waals surface area contributed by atoms with Gasteiger partial charge in [0.05, 0.1) is 17.2 Å². The van der Waals surface area contributed by atoms with Gasteiger partial charge < -0.3 is 10.2 Å². The summed E-state index contributed by atoms with van der Waals surface area (Å²) in [7, 11) is -1.37. The minimum Gasteiger partial charge on any atom is -0.373 e. The summed E-state index contributed by atoms with van der Waals surface area (Å²) in [4.78, 5) is 26.6. The lowest BCUT2D eigenvalue weighted by Crippen LogP contribution is -2.26. The summed E-state index contributed by atoms with van der Waals surface area (Å²) in [6.07, 6.45) is 10.4. The molecule has 0 saturated carbocycles. The first-order valence-corrected chi connectivity index (χ1v) is 12.6. The molecule has 1 aliphatic heterocycles. The second kappa shape index (κ2) is 11.1. The standard InChI is InChI=1S/C27H28N2O3S/c30-26(28-24-13-11-23(12-14-24)22-7-2-1-3-8-22)20-21-6-4-5-9-25(15-10-21)29-17-16-27(31)33(32)19-18-29/h1-4,6-8,10-15H,5,9,16-20H2,(H,28,30). The summed E-state index contributed by atoms with van der Waals surface area (Å²) >= 11 is 0. The predicted molar refractivity (Wildman–Crippen MR) is 134 cm³/mol. The number of carbonyl (C=O) groups is 2. The van der Waals surface area contributed by atoms with Gasteiger partial charge in [0.1, 0.15) is 0 Å². The van der Waals surface area contributed by atoms with Crippen LogP contribution in [0, 0.1) is 0 Å². The van der Waals surface area contributed by atoms with E-state index < -0.39 is 10.8 Å². The lowest BCUT2D eigenvalue weighted by atomic mass is 10.0. The highest BCUT2D eigenvalue weighted by atomic mass is 32.2.